The van der Waals surface area contributed by atoms with Gasteiger partial charge in [0.15, 0.2) is 0 Å². The first-order valence-corrected chi connectivity index (χ1v) is 4.12. The Morgan fingerprint density at radius 2 is 2.46 bits per heavy atom. The van der Waals surface area contributed by atoms with Crippen LogP contribution >= 0.6 is 0 Å². The van der Waals surface area contributed by atoms with E-state index in [1.165, 1.54) is 6.20 Å². The number of hydrogen-bond donors (Lipinski definition) is 0. The zero-order valence-corrected chi connectivity index (χ0v) is 7.58. The Labute approximate surface area is 78.0 Å². The molecule has 0 aromatic carbocycles. The van der Waals surface area contributed by atoms with Gasteiger partial charge in [-0.25, -0.2) is 0 Å². The minimum Gasteiger partial charge on any atom is -0.492 e. The number of pyridine rings is 1. The van der Waals surface area contributed by atoms with Crippen LogP contribution in [0, 0.1) is 18.3 Å². The number of hydrogen-bond acceptors (Lipinski definition) is 3. The molecule has 1 heterocycles. The van der Waals surface area contributed by atoms with Gasteiger partial charge in [-0.05, 0) is 20.3 Å². The van der Waals surface area contributed by atoms with E-state index in [9.17, 15) is 0 Å². The van der Waals surface area contributed by atoms with Crippen LogP contribution in [0.5, 0.6) is 5.75 Å². The molecule has 0 fully saturated rings. The monoisotopic (exact) mass is 175 g/mol. The second-order valence-electron chi connectivity index (χ2n) is 2.47. The fourth-order valence-corrected chi connectivity index (χ4v) is 0.973. The first kappa shape index (κ1) is 9.53. The highest BCUT2D eigenvalue weighted by molar-refractivity contribution is 5.42. The lowest BCUT2D eigenvalue weighted by Crippen LogP contribution is -1.97. The second kappa shape index (κ2) is 4.46. The standard InChI is InChI=1S/C10H11N2O/c1-3-9-5-10(13-4-2)8(6-11)7-12-9/h5,7H,1,3-4H2,2H3. The van der Waals surface area contributed by atoms with Crippen LogP contribution in [0.25, 0.3) is 0 Å². The fraction of sp³-hybridized carbons (Fsp3) is 0.300. The van der Waals surface area contributed by atoms with Gasteiger partial charge in [0.05, 0.1) is 6.61 Å². The Kier molecular flexibility index (Phi) is 3.27. The third-order valence-corrected chi connectivity index (χ3v) is 1.60. The molecule has 0 atom stereocenters. The molecule has 1 aromatic rings. The number of aromatic nitrogens is 1. The lowest BCUT2D eigenvalue weighted by Gasteiger charge is -2.05. The lowest BCUT2D eigenvalue weighted by molar-refractivity contribution is 0.338. The molecule has 67 valence electrons. The first-order valence-electron chi connectivity index (χ1n) is 4.12. The average molecular weight is 175 g/mol. The van der Waals surface area contributed by atoms with E-state index in [1.54, 1.807) is 6.07 Å². The van der Waals surface area contributed by atoms with E-state index in [1.807, 2.05) is 13.0 Å². The molecule has 0 bridgehead atoms. The SMILES string of the molecule is [CH2]Cc1cc(OCC)c(C#N)cn1. The maximum absolute atomic E-state index is 8.72. The van der Waals surface area contributed by atoms with Gasteiger partial charge >= 0.3 is 0 Å². The zero-order valence-electron chi connectivity index (χ0n) is 7.58. The summed E-state index contributed by atoms with van der Waals surface area (Å²) >= 11 is 0. The molecule has 0 aliphatic heterocycles. The van der Waals surface area contributed by atoms with Gasteiger partial charge in [-0.3, -0.25) is 4.98 Å². The van der Waals surface area contributed by atoms with E-state index in [0.717, 1.165) is 5.69 Å². The highest BCUT2D eigenvalue weighted by atomic mass is 16.5. The summed E-state index contributed by atoms with van der Waals surface area (Å²) in [6, 6.07) is 3.78. The fourth-order valence-electron chi connectivity index (χ4n) is 0.973. The van der Waals surface area contributed by atoms with Crippen molar-refractivity contribution >= 4 is 0 Å². The summed E-state index contributed by atoms with van der Waals surface area (Å²) in [5, 5.41) is 8.72. The van der Waals surface area contributed by atoms with Crippen molar-refractivity contribution in [2.24, 2.45) is 0 Å². The second-order valence-corrected chi connectivity index (χ2v) is 2.47. The minimum absolute atomic E-state index is 0.471. The molecule has 0 amide bonds. The van der Waals surface area contributed by atoms with Crippen molar-refractivity contribution < 1.29 is 4.74 Å². The predicted molar refractivity (Wildman–Crippen MR) is 49.2 cm³/mol. The van der Waals surface area contributed by atoms with Crippen LogP contribution in [-0.4, -0.2) is 11.6 Å². The van der Waals surface area contributed by atoms with Crippen LogP contribution < -0.4 is 4.74 Å². The highest BCUT2D eigenvalue weighted by Crippen LogP contribution is 2.17. The van der Waals surface area contributed by atoms with Gasteiger partial charge < -0.3 is 4.74 Å². The highest BCUT2D eigenvalue weighted by Gasteiger charge is 2.03. The van der Waals surface area contributed by atoms with Gasteiger partial charge in [-0.2, -0.15) is 5.26 Å². The van der Waals surface area contributed by atoms with Crippen molar-refractivity contribution in [2.75, 3.05) is 6.61 Å². The molecule has 1 aromatic heterocycles. The third kappa shape index (κ3) is 2.19. The first-order chi connectivity index (χ1) is 6.31. The van der Waals surface area contributed by atoms with Gasteiger partial charge in [-0.15, -0.1) is 0 Å². The Balaban J connectivity index is 3.04. The summed E-state index contributed by atoms with van der Waals surface area (Å²) in [4.78, 5) is 4.05. The summed E-state index contributed by atoms with van der Waals surface area (Å²) in [6.45, 7) is 6.14. The molecule has 0 saturated heterocycles. The Hall–Kier alpha value is -1.56. The predicted octanol–water partition coefficient (Wildman–Crippen LogP) is 1.73. The van der Waals surface area contributed by atoms with E-state index in [2.05, 4.69) is 11.9 Å². The molecule has 0 saturated carbocycles. The average Bonchev–Trinajstić information content (AvgIpc) is 2.18. The van der Waals surface area contributed by atoms with Crippen molar-refractivity contribution in [1.29, 1.82) is 5.26 Å². The molecule has 13 heavy (non-hydrogen) atoms. The molecule has 0 aliphatic carbocycles. The summed E-state index contributed by atoms with van der Waals surface area (Å²) in [5.41, 5.74) is 1.31. The summed E-state index contributed by atoms with van der Waals surface area (Å²) in [7, 11) is 0. The van der Waals surface area contributed by atoms with Crippen LogP contribution in [0.3, 0.4) is 0 Å². The minimum atomic E-state index is 0.471. The number of nitrogens with zero attached hydrogens (tertiary/aromatic N) is 2. The zero-order chi connectivity index (χ0) is 9.68. The summed E-state index contributed by atoms with van der Waals surface area (Å²) in [6.07, 6.45) is 2.12. The van der Waals surface area contributed by atoms with Crippen LogP contribution in [0.15, 0.2) is 12.3 Å². The van der Waals surface area contributed by atoms with E-state index in [-0.39, 0.29) is 0 Å². The molecular weight excluding hydrogens is 164 g/mol. The third-order valence-electron chi connectivity index (χ3n) is 1.60. The van der Waals surface area contributed by atoms with Crippen molar-refractivity contribution in [1.82, 2.24) is 4.98 Å². The van der Waals surface area contributed by atoms with Crippen LogP contribution in [0.2, 0.25) is 0 Å². The summed E-state index contributed by atoms with van der Waals surface area (Å²) < 4.78 is 5.28. The molecule has 3 nitrogen and oxygen atoms in total. The molecule has 0 N–H and O–H groups in total. The van der Waals surface area contributed by atoms with Crippen molar-refractivity contribution in [2.45, 2.75) is 13.3 Å². The van der Waals surface area contributed by atoms with Crippen LogP contribution in [0.1, 0.15) is 18.2 Å². The van der Waals surface area contributed by atoms with Gasteiger partial charge in [-0.1, -0.05) is 0 Å². The van der Waals surface area contributed by atoms with Crippen molar-refractivity contribution in [3.05, 3.63) is 30.4 Å². The lowest BCUT2D eigenvalue weighted by atomic mass is 10.2. The Morgan fingerprint density at radius 3 is 3.00 bits per heavy atom. The maximum Gasteiger partial charge on any atom is 0.140 e. The van der Waals surface area contributed by atoms with E-state index in [0.29, 0.717) is 24.3 Å². The maximum atomic E-state index is 8.72. The molecule has 0 spiro atoms. The molecule has 3 heteroatoms. The van der Waals surface area contributed by atoms with Crippen molar-refractivity contribution in [3.63, 3.8) is 0 Å². The Morgan fingerprint density at radius 1 is 1.69 bits per heavy atom. The normalized spacial score (nSPS) is 9.31. The van der Waals surface area contributed by atoms with Gasteiger partial charge in [0.1, 0.15) is 17.4 Å². The van der Waals surface area contributed by atoms with Crippen LogP contribution in [0.4, 0.5) is 0 Å². The smallest absolute Gasteiger partial charge is 0.140 e. The molecule has 1 rings (SSSR count). The van der Waals surface area contributed by atoms with Gasteiger partial charge in [0.25, 0.3) is 0 Å². The molecule has 0 unspecified atom stereocenters. The number of ether oxygens (including phenoxy) is 1. The van der Waals surface area contributed by atoms with Gasteiger partial charge in [0, 0.05) is 18.0 Å². The quantitative estimate of drug-likeness (QED) is 0.702. The Bertz CT molecular complexity index is 328. The topological polar surface area (TPSA) is 45.9 Å². The molecule has 0 aliphatic rings. The van der Waals surface area contributed by atoms with E-state index < -0.39 is 0 Å². The number of rotatable bonds is 3. The summed E-state index contributed by atoms with van der Waals surface area (Å²) in [5.74, 6) is 0.596. The largest absolute Gasteiger partial charge is 0.492 e. The van der Waals surface area contributed by atoms with Crippen molar-refractivity contribution in [3.8, 4) is 11.8 Å². The van der Waals surface area contributed by atoms with E-state index in [4.69, 9.17) is 10.00 Å². The molecule has 1 radical (unpaired) electrons. The molecular formula is C10H11N2O. The van der Waals surface area contributed by atoms with Crippen LogP contribution in [-0.2, 0) is 6.42 Å². The van der Waals surface area contributed by atoms with E-state index >= 15 is 0 Å². The number of nitriles is 1. The van der Waals surface area contributed by atoms with Gasteiger partial charge in [0.2, 0.25) is 0 Å².